The van der Waals surface area contributed by atoms with Gasteiger partial charge in [0, 0.05) is 0 Å². The minimum atomic E-state index is 0.392. The SMILES string of the molecule is C(OCC1CO1)C1CO1.NN. The number of hydrogen-bond donors (Lipinski definition) is 2. The van der Waals surface area contributed by atoms with E-state index in [0.717, 1.165) is 26.4 Å². The largest absolute Gasteiger partial charge is 0.376 e. The van der Waals surface area contributed by atoms with Crippen LogP contribution in [0.5, 0.6) is 0 Å². The second-order valence-corrected chi connectivity index (χ2v) is 2.45. The summed E-state index contributed by atoms with van der Waals surface area (Å²) in [5.74, 6) is 8.00. The molecule has 2 aliphatic rings. The first kappa shape index (κ1) is 8.89. The lowest BCUT2D eigenvalue weighted by Gasteiger charge is -1.95. The molecule has 5 nitrogen and oxygen atoms in total. The van der Waals surface area contributed by atoms with Crippen LogP contribution in [0, 0.1) is 0 Å². The predicted octanol–water partition coefficient (Wildman–Crippen LogP) is -1.38. The third kappa shape index (κ3) is 4.28. The highest BCUT2D eigenvalue weighted by Gasteiger charge is 2.26. The highest BCUT2D eigenvalue weighted by molar-refractivity contribution is 4.71. The van der Waals surface area contributed by atoms with E-state index in [0.29, 0.717) is 12.2 Å². The van der Waals surface area contributed by atoms with Gasteiger partial charge in [0.2, 0.25) is 0 Å². The van der Waals surface area contributed by atoms with E-state index in [1.54, 1.807) is 0 Å². The summed E-state index contributed by atoms with van der Waals surface area (Å²) in [6.45, 7) is 3.26. The van der Waals surface area contributed by atoms with E-state index in [1.165, 1.54) is 0 Å². The zero-order chi connectivity index (χ0) is 8.10. The molecule has 0 aromatic rings. The topological polar surface area (TPSA) is 86.3 Å². The van der Waals surface area contributed by atoms with Crippen LogP contribution in [0.1, 0.15) is 0 Å². The Morgan fingerprint density at radius 3 is 1.73 bits per heavy atom. The van der Waals surface area contributed by atoms with E-state index in [4.69, 9.17) is 14.2 Å². The number of hydrogen-bond acceptors (Lipinski definition) is 5. The van der Waals surface area contributed by atoms with Crippen molar-refractivity contribution in [2.45, 2.75) is 12.2 Å². The summed E-state index contributed by atoms with van der Waals surface area (Å²) >= 11 is 0. The van der Waals surface area contributed by atoms with Gasteiger partial charge in [-0.3, -0.25) is 11.7 Å². The minimum absolute atomic E-state index is 0.392. The smallest absolute Gasteiger partial charge is 0.104 e. The van der Waals surface area contributed by atoms with Crippen LogP contribution in [0.4, 0.5) is 0 Å². The molecule has 2 atom stereocenters. The maximum atomic E-state index is 5.23. The van der Waals surface area contributed by atoms with Crippen molar-refractivity contribution in [1.82, 2.24) is 0 Å². The van der Waals surface area contributed by atoms with Crippen LogP contribution in [0.2, 0.25) is 0 Å². The second kappa shape index (κ2) is 4.63. The lowest BCUT2D eigenvalue weighted by molar-refractivity contribution is 0.102. The van der Waals surface area contributed by atoms with E-state index in [1.807, 2.05) is 0 Å². The van der Waals surface area contributed by atoms with Crippen molar-refractivity contribution in [1.29, 1.82) is 0 Å². The molecular formula is C6H14N2O3. The monoisotopic (exact) mass is 162 g/mol. The van der Waals surface area contributed by atoms with Crippen molar-refractivity contribution < 1.29 is 14.2 Å². The molecule has 0 aromatic heterocycles. The van der Waals surface area contributed by atoms with Crippen LogP contribution in [-0.2, 0) is 14.2 Å². The lowest BCUT2D eigenvalue weighted by Crippen LogP contribution is -2.06. The number of rotatable bonds is 4. The quantitative estimate of drug-likeness (QED) is 0.302. The summed E-state index contributed by atoms with van der Waals surface area (Å²) in [6, 6.07) is 0. The summed E-state index contributed by atoms with van der Waals surface area (Å²) in [7, 11) is 0. The Morgan fingerprint density at radius 2 is 1.45 bits per heavy atom. The molecule has 0 bridgehead atoms. The van der Waals surface area contributed by atoms with Gasteiger partial charge in [-0.1, -0.05) is 0 Å². The van der Waals surface area contributed by atoms with E-state index in [-0.39, 0.29) is 0 Å². The van der Waals surface area contributed by atoms with Gasteiger partial charge < -0.3 is 14.2 Å². The van der Waals surface area contributed by atoms with E-state index in [2.05, 4.69) is 11.7 Å². The third-order valence-corrected chi connectivity index (χ3v) is 1.41. The van der Waals surface area contributed by atoms with Gasteiger partial charge in [-0.05, 0) is 0 Å². The Hall–Kier alpha value is -0.200. The van der Waals surface area contributed by atoms with Crippen LogP contribution in [0.3, 0.4) is 0 Å². The van der Waals surface area contributed by atoms with Crippen LogP contribution in [-0.4, -0.2) is 38.6 Å². The van der Waals surface area contributed by atoms with Crippen molar-refractivity contribution >= 4 is 0 Å². The molecule has 2 fully saturated rings. The lowest BCUT2D eigenvalue weighted by atomic mass is 10.5. The van der Waals surface area contributed by atoms with Gasteiger partial charge >= 0.3 is 0 Å². The second-order valence-electron chi connectivity index (χ2n) is 2.45. The van der Waals surface area contributed by atoms with Gasteiger partial charge in [-0.15, -0.1) is 0 Å². The van der Waals surface area contributed by atoms with Crippen LogP contribution in [0.15, 0.2) is 0 Å². The fraction of sp³-hybridized carbons (Fsp3) is 1.00. The summed E-state index contributed by atoms with van der Waals surface area (Å²) in [4.78, 5) is 0. The van der Waals surface area contributed by atoms with E-state index < -0.39 is 0 Å². The zero-order valence-corrected chi connectivity index (χ0v) is 6.36. The summed E-state index contributed by atoms with van der Waals surface area (Å²) in [6.07, 6.45) is 0.785. The highest BCUT2D eigenvalue weighted by atomic mass is 16.6. The molecule has 0 aromatic carbocycles. The Labute approximate surface area is 65.5 Å². The molecule has 4 N–H and O–H groups in total. The number of hydrazine groups is 1. The molecule has 5 heteroatoms. The molecule has 0 amide bonds. The van der Waals surface area contributed by atoms with Gasteiger partial charge in [0.05, 0.1) is 26.4 Å². The highest BCUT2D eigenvalue weighted by Crippen LogP contribution is 2.12. The van der Waals surface area contributed by atoms with Gasteiger partial charge in [0.15, 0.2) is 0 Å². The van der Waals surface area contributed by atoms with Gasteiger partial charge in [0.1, 0.15) is 12.2 Å². The molecule has 2 aliphatic heterocycles. The number of epoxide rings is 2. The Balaban J connectivity index is 0.000000281. The molecule has 2 heterocycles. The number of ether oxygens (including phenoxy) is 3. The average Bonchev–Trinajstić information content (AvgIpc) is 2.86. The summed E-state index contributed by atoms with van der Waals surface area (Å²) in [5, 5.41) is 0. The molecular weight excluding hydrogens is 148 g/mol. The normalized spacial score (nSPS) is 32.2. The van der Waals surface area contributed by atoms with Crippen molar-refractivity contribution in [2.75, 3.05) is 26.4 Å². The molecule has 11 heavy (non-hydrogen) atoms. The van der Waals surface area contributed by atoms with Crippen LogP contribution < -0.4 is 11.7 Å². The molecule has 66 valence electrons. The van der Waals surface area contributed by atoms with Crippen molar-refractivity contribution in [2.24, 2.45) is 11.7 Å². The average molecular weight is 162 g/mol. The molecule has 0 spiro atoms. The molecule has 2 saturated heterocycles. The van der Waals surface area contributed by atoms with Crippen molar-refractivity contribution in [3.8, 4) is 0 Å². The fourth-order valence-electron chi connectivity index (χ4n) is 0.659. The first-order valence-electron chi connectivity index (χ1n) is 3.59. The number of nitrogens with two attached hydrogens (primary N) is 2. The molecule has 0 saturated carbocycles. The maximum Gasteiger partial charge on any atom is 0.104 e. The first-order valence-corrected chi connectivity index (χ1v) is 3.59. The van der Waals surface area contributed by atoms with Crippen LogP contribution in [0.25, 0.3) is 0 Å². The van der Waals surface area contributed by atoms with Crippen molar-refractivity contribution in [3.63, 3.8) is 0 Å². The first-order chi connectivity index (χ1) is 5.45. The molecule has 0 radical (unpaired) electrons. The van der Waals surface area contributed by atoms with E-state index >= 15 is 0 Å². The Bertz CT molecular complexity index is 92.0. The van der Waals surface area contributed by atoms with Crippen LogP contribution >= 0.6 is 0 Å². The standard InChI is InChI=1S/C6H10O3.H4N2/c1(5-3-8-5)7-2-6-4-9-6;1-2/h5-6H,1-4H2;1-2H2. The molecule has 0 aliphatic carbocycles. The molecule has 2 unspecified atom stereocenters. The van der Waals surface area contributed by atoms with E-state index in [9.17, 15) is 0 Å². The molecule has 2 rings (SSSR count). The van der Waals surface area contributed by atoms with Crippen molar-refractivity contribution in [3.05, 3.63) is 0 Å². The zero-order valence-electron chi connectivity index (χ0n) is 6.36. The fourth-order valence-corrected chi connectivity index (χ4v) is 0.659. The Kier molecular flexibility index (Phi) is 3.74. The van der Waals surface area contributed by atoms with Gasteiger partial charge in [0.25, 0.3) is 0 Å². The summed E-state index contributed by atoms with van der Waals surface area (Å²) < 4.78 is 15.1. The summed E-state index contributed by atoms with van der Waals surface area (Å²) in [5.41, 5.74) is 0. The maximum absolute atomic E-state index is 5.23. The minimum Gasteiger partial charge on any atom is -0.376 e. The predicted molar refractivity (Wildman–Crippen MR) is 38.7 cm³/mol. The van der Waals surface area contributed by atoms with Gasteiger partial charge in [-0.2, -0.15) is 0 Å². The third-order valence-electron chi connectivity index (χ3n) is 1.41. The Morgan fingerprint density at radius 1 is 1.09 bits per heavy atom. The van der Waals surface area contributed by atoms with Gasteiger partial charge in [-0.25, -0.2) is 0 Å².